The molecule has 1 amide bonds. The van der Waals surface area contributed by atoms with Crippen molar-refractivity contribution < 1.29 is 4.79 Å². The van der Waals surface area contributed by atoms with E-state index in [1.807, 2.05) is 13.1 Å². The molecule has 22 heavy (non-hydrogen) atoms. The number of pyridine rings is 1. The highest BCUT2D eigenvalue weighted by Crippen LogP contribution is 2.20. The molecule has 1 aliphatic rings. The molecule has 114 valence electrons. The fourth-order valence-corrected chi connectivity index (χ4v) is 2.60. The normalized spacial score (nSPS) is 13.5. The largest absolute Gasteiger partial charge is 0.346 e. The Kier molecular flexibility index (Phi) is 3.97. The number of aromatic nitrogens is 3. The molecule has 0 fully saturated rings. The summed E-state index contributed by atoms with van der Waals surface area (Å²) >= 11 is 0. The van der Waals surface area contributed by atoms with Gasteiger partial charge in [0.05, 0.1) is 6.20 Å². The summed E-state index contributed by atoms with van der Waals surface area (Å²) in [5.41, 5.74) is 4.30. The van der Waals surface area contributed by atoms with Crippen molar-refractivity contribution in [2.75, 3.05) is 6.54 Å². The van der Waals surface area contributed by atoms with E-state index in [2.05, 4.69) is 25.6 Å². The minimum Gasteiger partial charge on any atom is -0.346 e. The highest BCUT2D eigenvalue weighted by Gasteiger charge is 2.16. The average molecular weight is 299 g/mol. The molecule has 0 saturated heterocycles. The first-order valence-electron chi connectivity index (χ1n) is 7.15. The number of carbonyl (C=O) groups is 1. The molecule has 3 N–H and O–H groups in total. The summed E-state index contributed by atoms with van der Waals surface area (Å²) in [4.78, 5) is 33.7. The number of nitrogens with one attached hydrogen (secondary N) is 3. The summed E-state index contributed by atoms with van der Waals surface area (Å²) < 4.78 is 0. The molecule has 0 unspecified atom stereocenters. The first kappa shape index (κ1) is 14.4. The summed E-state index contributed by atoms with van der Waals surface area (Å²) in [6.45, 7) is 4.09. The summed E-state index contributed by atoms with van der Waals surface area (Å²) in [5, 5.41) is 6.15. The van der Waals surface area contributed by atoms with Crippen molar-refractivity contribution in [3.05, 3.63) is 57.0 Å². The molecule has 0 aromatic carbocycles. The lowest BCUT2D eigenvalue weighted by Crippen LogP contribution is -2.29. The molecule has 0 atom stereocenters. The van der Waals surface area contributed by atoms with Crippen LogP contribution in [0.25, 0.3) is 0 Å². The van der Waals surface area contributed by atoms with Crippen molar-refractivity contribution >= 4 is 5.91 Å². The van der Waals surface area contributed by atoms with Crippen molar-refractivity contribution in [3.8, 4) is 0 Å². The molecule has 2 aromatic rings. The van der Waals surface area contributed by atoms with E-state index in [-0.39, 0.29) is 17.2 Å². The Bertz CT molecular complexity index is 749. The quantitative estimate of drug-likeness (QED) is 0.743. The van der Waals surface area contributed by atoms with Crippen molar-refractivity contribution in [2.45, 2.75) is 26.4 Å². The van der Waals surface area contributed by atoms with Gasteiger partial charge in [-0.3, -0.25) is 14.6 Å². The van der Waals surface area contributed by atoms with E-state index in [4.69, 9.17) is 0 Å². The number of aryl methyl sites for hydroxylation is 1. The lowest BCUT2D eigenvalue weighted by molar-refractivity contribution is 0.0945. The third kappa shape index (κ3) is 2.89. The van der Waals surface area contributed by atoms with Gasteiger partial charge < -0.3 is 15.6 Å². The first-order chi connectivity index (χ1) is 10.6. The third-order valence-electron chi connectivity index (χ3n) is 3.80. The van der Waals surface area contributed by atoms with Gasteiger partial charge in [-0.25, -0.2) is 4.98 Å². The van der Waals surface area contributed by atoms with Crippen molar-refractivity contribution in [1.29, 1.82) is 0 Å². The standard InChI is InChI=1S/C15H17N5O2/c1-9-12(11-2-3-16-4-10(11)5-17-9)6-20-15(22)13-7-19-14(21)8-18-13/h5,7-8,16H,2-4,6H2,1H3,(H,19,21)(H,20,22). The van der Waals surface area contributed by atoms with Gasteiger partial charge in [0.25, 0.3) is 11.5 Å². The Balaban J connectivity index is 1.77. The summed E-state index contributed by atoms with van der Waals surface area (Å²) in [5.74, 6) is -0.317. The van der Waals surface area contributed by atoms with Gasteiger partial charge in [0.15, 0.2) is 0 Å². The van der Waals surface area contributed by atoms with Gasteiger partial charge in [0.1, 0.15) is 5.69 Å². The highest BCUT2D eigenvalue weighted by atomic mass is 16.2. The smallest absolute Gasteiger partial charge is 0.271 e. The summed E-state index contributed by atoms with van der Waals surface area (Å²) in [6, 6.07) is 0. The molecule has 0 spiro atoms. The third-order valence-corrected chi connectivity index (χ3v) is 3.80. The second kappa shape index (κ2) is 6.07. The van der Waals surface area contributed by atoms with Crippen LogP contribution in [-0.2, 0) is 19.5 Å². The van der Waals surface area contributed by atoms with Crippen LogP contribution in [0.5, 0.6) is 0 Å². The van der Waals surface area contributed by atoms with Gasteiger partial charge in [-0.2, -0.15) is 0 Å². The zero-order valence-electron chi connectivity index (χ0n) is 12.3. The fourth-order valence-electron chi connectivity index (χ4n) is 2.60. The average Bonchev–Trinajstić information content (AvgIpc) is 2.54. The van der Waals surface area contributed by atoms with E-state index < -0.39 is 0 Å². The summed E-state index contributed by atoms with van der Waals surface area (Å²) in [7, 11) is 0. The maximum Gasteiger partial charge on any atom is 0.271 e. The Labute approximate surface area is 127 Å². The topological polar surface area (TPSA) is 99.8 Å². The zero-order chi connectivity index (χ0) is 15.5. The van der Waals surface area contributed by atoms with E-state index in [1.54, 1.807) is 0 Å². The predicted molar refractivity (Wildman–Crippen MR) is 80.4 cm³/mol. The number of nitrogens with zero attached hydrogens (tertiary/aromatic N) is 2. The fraction of sp³-hybridized carbons (Fsp3) is 0.333. The SMILES string of the molecule is Cc1ncc2c(c1CNC(=O)c1c[nH]c(=O)cn1)CCNC2. The predicted octanol–water partition coefficient (Wildman–Crippen LogP) is 0.0490. The Morgan fingerprint density at radius 1 is 1.36 bits per heavy atom. The molecule has 2 aromatic heterocycles. The van der Waals surface area contributed by atoms with Crippen molar-refractivity contribution in [3.63, 3.8) is 0 Å². The van der Waals surface area contributed by atoms with Gasteiger partial charge in [-0.1, -0.05) is 0 Å². The molecule has 3 heterocycles. The second-order valence-corrected chi connectivity index (χ2v) is 5.23. The monoisotopic (exact) mass is 299 g/mol. The van der Waals surface area contributed by atoms with Crippen LogP contribution in [0.2, 0.25) is 0 Å². The van der Waals surface area contributed by atoms with E-state index in [0.29, 0.717) is 6.54 Å². The maximum absolute atomic E-state index is 12.1. The Morgan fingerprint density at radius 3 is 3.00 bits per heavy atom. The van der Waals surface area contributed by atoms with Gasteiger partial charge >= 0.3 is 0 Å². The number of amides is 1. The van der Waals surface area contributed by atoms with E-state index in [0.717, 1.165) is 37.0 Å². The van der Waals surface area contributed by atoms with Gasteiger partial charge in [-0.15, -0.1) is 0 Å². The molecule has 0 saturated carbocycles. The molecule has 3 rings (SSSR count). The molecule has 0 bridgehead atoms. The number of carbonyl (C=O) groups excluding carboxylic acids is 1. The van der Waals surface area contributed by atoms with E-state index in [1.165, 1.54) is 17.3 Å². The van der Waals surface area contributed by atoms with Gasteiger partial charge in [0.2, 0.25) is 0 Å². The van der Waals surface area contributed by atoms with E-state index in [9.17, 15) is 9.59 Å². The number of hydrogen-bond donors (Lipinski definition) is 3. The molecule has 7 nitrogen and oxygen atoms in total. The van der Waals surface area contributed by atoms with Crippen LogP contribution in [0.3, 0.4) is 0 Å². The Morgan fingerprint density at radius 2 is 2.23 bits per heavy atom. The number of rotatable bonds is 3. The molecule has 0 aliphatic carbocycles. The molecular formula is C15H17N5O2. The van der Waals surface area contributed by atoms with Crippen LogP contribution >= 0.6 is 0 Å². The van der Waals surface area contributed by atoms with Crippen molar-refractivity contribution in [2.24, 2.45) is 0 Å². The van der Waals surface area contributed by atoms with Crippen LogP contribution in [0.4, 0.5) is 0 Å². The molecule has 1 aliphatic heterocycles. The van der Waals surface area contributed by atoms with Crippen molar-refractivity contribution in [1.82, 2.24) is 25.6 Å². The number of hydrogen-bond acceptors (Lipinski definition) is 5. The number of H-pyrrole nitrogens is 1. The molecule has 7 heteroatoms. The van der Waals surface area contributed by atoms with Crippen LogP contribution in [0, 0.1) is 6.92 Å². The lowest BCUT2D eigenvalue weighted by atomic mass is 9.96. The first-order valence-corrected chi connectivity index (χ1v) is 7.15. The van der Waals surface area contributed by atoms with Gasteiger partial charge in [-0.05, 0) is 36.6 Å². The summed E-state index contributed by atoms with van der Waals surface area (Å²) in [6.07, 6.45) is 5.23. The zero-order valence-corrected chi connectivity index (χ0v) is 12.3. The molecular weight excluding hydrogens is 282 g/mol. The lowest BCUT2D eigenvalue weighted by Gasteiger charge is -2.21. The Hall–Kier alpha value is -2.54. The highest BCUT2D eigenvalue weighted by molar-refractivity contribution is 5.91. The van der Waals surface area contributed by atoms with E-state index >= 15 is 0 Å². The van der Waals surface area contributed by atoms with Crippen LogP contribution in [0.1, 0.15) is 32.9 Å². The van der Waals surface area contributed by atoms with Crippen LogP contribution in [-0.4, -0.2) is 27.4 Å². The number of fused-ring (bicyclic) bond motifs is 1. The second-order valence-electron chi connectivity index (χ2n) is 5.23. The number of aromatic amines is 1. The maximum atomic E-state index is 12.1. The minimum absolute atomic E-state index is 0.191. The van der Waals surface area contributed by atoms with Crippen LogP contribution in [0.15, 0.2) is 23.4 Å². The molecule has 0 radical (unpaired) electrons. The van der Waals surface area contributed by atoms with Crippen LogP contribution < -0.4 is 16.2 Å². The minimum atomic E-state index is -0.332. The van der Waals surface area contributed by atoms with Gasteiger partial charge in [0, 0.05) is 31.2 Å².